The number of rotatable bonds is 7. The number of aromatic nitrogens is 1. The van der Waals surface area contributed by atoms with Crippen LogP contribution in [-0.2, 0) is 4.74 Å². The van der Waals surface area contributed by atoms with E-state index in [4.69, 9.17) is 4.74 Å². The normalized spacial score (nSPS) is 17.1. The fourth-order valence-corrected chi connectivity index (χ4v) is 8.22. The van der Waals surface area contributed by atoms with Crippen molar-refractivity contribution in [3.05, 3.63) is 111 Å². The SMILES string of the molecule is CC(=O)c1ccc(C2=Cc3ccccc3N(C(=O)c3ccc(NC(=O)c4ccc(C)nc4C)cc3)CC2)s1.CC1CC(F)(F)C1.CCC1(CC)CCOCC1. The predicted octanol–water partition coefficient (Wildman–Crippen LogP) is 11.5. The van der Waals surface area contributed by atoms with Gasteiger partial charge >= 0.3 is 0 Å². The summed E-state index contributed by atoms with van der Waals surface area (Å²) in [4.78, 5) is 46.1. The van der Waals surface area contributed by atoms with Crippen molar-refractivity contribution in [1.82, 2.24) is 4.98 Å². The van der Waals surface area contributed by atoms with E-state index in [-0.39, 0.29) is 36.4 Å². The summed E-state index contributed by atoms with van der Waals surface area (Å²) in [6, 6.07) is 22.2. The summed E-state index contributed by atoms with van der Waals surface area (Å²) in [6.07, 6.45) is 8.19. The molecule has 2 aromatic heterocycles. The van der Waals surface area contributed by atoms with E-state index in [1.165, 1.54) is 37.0 Å². The molecular weight excluding hydrogens is 717 g/mol. The number of thiophene rings is 1. The van der Waals surface area contributed by atoms with Gasteiger partial charge in [0, 0.05) is 54.4 Å². The van der Waals surface area contributed by atoms with E-state index in [9.17, 15) is 23.2 Å². The molecule has 2 aliphatic heterocycles. The molecule has 3 aliphatic rings. The second kappa shape index (κ2) is 18.4. The molecule has 4 heterocycles. The Bertz CT molecular complexity index is 1980. The minimum atomic E-state index is -2.31. The van der Waals surface area contributed by atoms with Gasteiger partial charge in [0.1, 0.15) is 0 Å². The van der Waals surface area contributed by atoms with Crippen LogP contribution < -0.4 is 10.2 Å². The number of amides is 2. The third-order valence-corrected chi connectivity index (χ3v) is 12.1. The third-order valence-electron chi connectivity index (χ3n) is 10.9. The van der Waals surface area contributed by atoms with Crippen LogP contribution in [-0.4, -0.2) is 48.3 Å². The molecular formula is C45H53F2N3O4S. The lowest BCUT2D eigenvalue weighted by Gasteiger charge is -2.35. The zero-order chi connectivity index (χ0) is 39.8. The minimum Gasteiger partial charge on any atom is -0.381 e. The maximum absolute atomic E-state index is 13.6. The smallest absolute Gasteiger partial charge is 0.258 e. The molecule has 2 aromatic carbocycles. The van der Waals surface area contributed by atoms with Crippen molar-refractivity contribution in [2.45, 2.75) is 92.4 Å². The molecule has 0 atom stereocenters. The summed E-state index contributed by atoms with van der Waals surface area (Å²) in [5.41, 5.74) is 6.71. The lowest BCUT2D eigenvalue weighted by atomic mass is 9.76. The highest BCUT2D eigenvalue weighted by Crippen LogP contribution is 2.41. The number of fused-ring (bicyclic) bond motifs is 1. The fraction of sp³-hybridized carbons (Fsp3) is 0.422. The van der Waals surface area contributed by atoms with Crippen LogP contribution in [0.15, 0.2) is 72.8 Å². The van der Waals surface area contributed by atoms with Crippen LogP contribution in [0.4, 0.5) is 20.2 Å². The minimum absolute atomic E-state index is 0.0537. The number of anilines is 2. The van der Waals surface area contributed by atoms with Crippen LogP contribution in [0.1, 0.15) is 125 Å². The molecule has 55 heavy (non-hydrogen) atoms. The Kier molecular flexibility index (Phi) is 13.9. The Morgan fingerprint density at radius 3 is 2.15 bits per heavy atom. The number of ether oxygens (including phenoxy) is 1. The van der Waals surface area contributed by atoms with Crippen LogP contribution in [0.2, 0.25) is 0 Å². The number of nitrogens with one attached hydrogen (secondary N) is 1. The molecule has 2 amide bonds. The Hall–Kier alpha value is -4.54. The van der Waals surface area contributed by atoms with E-state index >= 15 is 0 Å². The number of ketones is 1. The number of carbonyl (C=O) groups is 3. The van der Waals surface area contributed by atoms with Crippen molar-refractivity contribution in [1.29, 1.82) is 0 Å². The van der Waals surface area contributed by atoms with Crippen molar-refractivity contribution in [2.75, 3.05) is 30.0 Å². The molecule has 0 radical (unpaired) electrons. The molecule has 0 bridgehead atoms. The molecule has 0 unspecified atom stereocenters. The summed E-state index contributed by atoms with van der Waals surface area (Å²) in [6.45, 7) is 14.2. The Balaban J connectivity index is 0.000000279. The summed E-state index contributed by atoms with van der Waals surface area (Å²) in [5.74, 6) is -2.35. The molecule has 7 nitrogen and oxygen atoms in total. The molecule has 2 fully saturated rings. The van der Waals surface area contributed by atoms with E-state index < -0.39 is 5.92 Å². The van der Waals surface area contributed by atoms with Crippen molar-refractivity contribution in [3.8, 4) is 0 Å². The van der Waals surface area contributed by atoms with E-state index in [0.29, 0.717) is 40.9 Å². The molecule has 292 valence electrons. The van der Waals surface area contributed by atoms with Crippen LogP contribution in [0, 0.1) is 25.2 Å². The molecule has 1 saturated heterocycles. The summed E-state index contributed by atoms with van der Waals surface area (Å²) < 4.78 is 28.9. The van der Waals surface area contributed by atoms with Gasteiger partial charge in [-0.25, -0.2) is 8.78 Å². The number of carbonyl (C=O) groups excluding carboxylic acids is 3. The zero-order valence-electron chi connectivity index (χ0n) is 32.8. The average molecular weight is 770 g/mol. The summed E-state index contributed by atoms with van der Waals surface area (Å²) >= 11 is 1.48. The van der Waals surface area contributed by atoms with Gasteiger partial charge in [-0.2, -0.15) is 0 Å². The topological polar surface area (TPSA) is 88.6 Å². The van der Waals surface area contributed by atoms with Crippen LogP contribution in [0.5, 0.6) is 0 Å². The fourth-order valence-electron chi connectivity index (χ4n) is 7.27. The molecule has 4 aromatic rings. The first-order valence-electron chi connectivity index (χ1n) is 19.3. The number of aryl methyl sites for hydroxylation is 2. The first-order chi connectivity index (χ1) is 26.2. The van der Waals surface area contributed by atoms with E-state index in [1.54, 1.807) is 42.2 Å². The standard InChI is InChI=1S/C31H27N3O3S.C9H18O.C5H8F2/c1-19-8-13-26(20(2)32-19)30(36)33-25-11-9-22(10-12-25)31(37)34-17-16-24(18-23-6-4-5-7-27(23)34)29-15-14-28(38-29)21(3)35;1-3-9(4-2)5-7-10-8-6-9;1-4-2-5(6,7)3-4/h4-15,18H,16-17H2,1-3H3,(H,33,36);3-8H2,1-2H3;4H,2-3H2,1H3. The van der Waals surface area contributed by atoms with Crippen LogP contribution >= 0.6 is 11.3 Å². The van der Waals surface area contributed by atoms with E-state index in [1.807, 2.05) is 63.2 Å². The number of benzene rings is 2. The van der Waals surface area contributed by atoms with E-state index in [2.05, 4.69) is 30.2 Å². The Morgan fingerprint density at radius 1 is 0.927 bits per heavy atom. The lowest BCUT2D eigenvalue weighted by Crippen LogP contribution is -2.33. The van der Waals surface area contributed by atoms with Gasteiger partial charge in [-0.05, 0) is 123 Å². The second-order valence-corrected chi connectivity index (χ2v) is 16.0. The largest absolute Gasteiger partial charge is 0.381 e. The van der Waals surface area contributed by atoms with Crippen molar-refractivity contribution in [3.63, 3.8) is 0 Å². The van der Waals surface area contributed by atoms with Gasteiger partial charge in [-0.15, -0.1) is 11.3 Å². The predicted molar refractivity (Wildman–Crippen MR) is 219 cm³/mol. The van der Waals surface area contributed by atoms with Gasteiger partial charge < -0.3 is 15.0 Å². The molecule has 7 rings (SSSR count). The number of pyridine rings is 1. The van der Waals surface area contributed by atoms with Crippen molar-refractivity contribution >= 4 is 52.0 Å². The van der Waals surface area contributed by atoms with Crippen molar-refractivity contribution < 1.29 is 27.9 Å². The molecule has 1 N–H and O–H groups in total. The second-order valence-electron chi connectivity index (χ2n) is 15.0. The maximum Gasteiger partial charge on any atom is 0.258 e. The number of nitrogens with zero attached hydrogens (tertiary/aromatic N) is 2. The Morgan fingerprint density at radius 2 is 1.60 bits per heavy atom. The number of halogens is 2. The third kappa shape index (κ3) is 10.8. The summed E-state index contributed by atoms with van der Waals surface area (Å²) in [5, 5.41) is 2.89. The van der Waals surface area contributed by atoms with Crippen LogP contribution in [0.3, 0.4) is 0 Å². The lowest BCUT2D eigenvalue weighted by molar-refractivity contribution is -0.104. The molecule has 0 spiro atoms. The number of alkyl halides is 2. The molecule has 1 saturated carbocycles. The monoisotopic (exact) mass is 769 g/mol. The highest BCUT2D eigenvalue weighted by molar-refractivity contribution is 7.15. The zero-order valence-corrected chi connectivity index (χ0v) is 33.7. The van der Waals surface area contributed by atoms with Crippen LogP contribution in [0.25, 0.3) is 11.6 Å². The number of hydrogen-bond donors (Lipinski definition) is 1. The van der Waals surface area contributed by atoms with E-state index in [0.717, 1.165) is 45.5 Å². The van der Waals surface area contributed by atoms with Gasteiger partial charge in [0.05, 0.1) is 21.8 Å². The quantitative estimate of drug-likeness (QED) is 0.189. The highest BCUT2D eigenvalue weighted by Gasteiger charge is 2.42. The van der Waals surface area contributed by atoms with Crippen molar-refractivity contribution in [2.24, 2.45) is 11.3 Å². The first kappa shape index (κ1) is 41.6. The Labute approximate surface area is 328 Å². The first-order valence-corrected chi connectivity index (χ1v) is 20.1. The highest BCUT2D eigenvalue weighted by atomic mass is 32.1. The summed E-state index contributed by atoms with van der Waals surface area (Å²) in [7, 11) is 0. The van der Waals surface area contributed by atoms with Gasteiger partial charge in [0.15, 0.2) is 5.78 Å². The number of hydrogen-bond acceptors (Lipinski definition) is 6. The maximum atomic E-state index is 13.6. The number of para-hydroxylation sites is 1. The van der Waals surface area contributed by atoms with Gasteiger partial charge in [-0.1, -0.05) is 51.8 Å². The van der Waals surface area contributed by atoms with Gasteiger partial charge in [0.2, 0.25) is 5.92 Å². The van der Waals surface area contributed by atoms with Gasteiger partial charge in [-0.3, -0.25) is 19.4 Å². The van der Waals surface area contributed by atoms with Gasteiger partial charge in [0.25, 0.3) is 11.8 Å². The molecule has 1 aliphatic carbocycles. The number of Topliss-reactive ketones (excluding diaryl/α,β-unsaturated/α-hetero) is 1. The molecule has 10 heteroatoms. The average Bonchev–Trinajstić information content (AvgIpc) is 3.58.